The largest absolute Gasteiger partial charge is 0.444 e. The molecule has 2 aliphatic rings. The Morgan fingerprint density at radius 2 is 1.92 bits per heavy atom. The molecule has 3 aromatic rings. The van der Waals surface area contributed by atoms with Crippen LogP contribution < -0.4 is 5.32 Å². The highest BCUT2D eigenvalue weighted by Gasteiger charge is 2.25. The smallest absolute Gasteiger partial charge is 0.410 e. The fourth-order valence-corrected chi connectivity index (χ4v) is 4.80. The number of morpholine rings is 1. The number of rotatable bonds is 5. The number of allylic oxidation sites excluding steroid dienone is 1. The van der Waals surface area contributed by atoms with Crippen molar-refractivity contribution in [1.29, 1.82) is 0 Å². The lowest BCUT2D eigenvalue weighted by Gasteiger charge is -2.31. The highest BCUT2D eigenvalue weighted by molar-refractivity contribution is 5.82. The van der Waals surface area contributed by atoms with Crippen molar-refractivity contribution in [3.8, 4) is 11.5 Å². The molecule has 1 amide bonds. The maximum atomic E-state index is 12.4. The number of ether oxygens (including phenoxy) is 2. The molecule has 0 spiro atoms. The number of fused-ring (bicyclic) bond motifs is 1. The Bertz CT molecular complexity index is 1270. The van der Waals surface area contributed by atoms with Crippen LogP contribution in [-0.4, -0.2) is 81.1 Å². The highest BCUT2D eigenvalue weighted by Crippen LogP contribution is 2.29. The van der Waals surface area contributed by atoms with E-state index in [1.807, 2.05) is 20.8 Å². The molecule has 0 aliphatic carbocycles. The van der Waals surface area contributed by atoms with Crippen LogP contribution in [-0.2, 0) is 16.0 Å². The van der Waals surface area contributed by atoms with Crippen LogP contribution >= 0.6 is 0 Å². The molecule has 4 heterocycles. The van der Waals surface area contributed by atoms with Crippen molar-refractivity contribution in [2.45, 2.75) is 52.7 Å². The van der Waals surface area contributed by atoms with Gasteiger partial charge in [-0.15, -0.1) is 0 Å². The summed E-state index contributed by atoms with van der Waals surface area (Å²) in [5, 5.41) is 10.9. The molecule has 198 valence electrons. The van der Waals surface area contributed by atoms with Crippen molar-refractivity contribution in [2.75, 3.05) is 44.7 Å². The van der Waals surface area contributed by atoms with Crippen LogP contribution in [0.1, 0.15) is 46.1 Å². The fraction of sp³-hybridized carbons (Fsp3) is 0.519. The lowest BCUT2D eigenvalue weighted by Crippen LogP contribution is -2.40. The first-order valence-electron chi connectivity index (χ1n) is 13.0. The molecule has 0 atom stereocenters. The minimum atomic E-state index is -0.483. The highest BCUT2D eigenvalue weighted by atomic mass is 16.6. The van der Waals surface area contributed by atoms with Crippen molar-refractivity contribution in [2.24, 2.45) is 0 Å². The number of hydrogen-bond donors (Lipinski definition) is 3. The van der Waals surface area contributed by atoms with Crippen molar-refractivity contribution >= 4 is 22.8 Å². The first-order chi connectivity index (χ1) is 17.7. The van der Waals surface area contributed by atoms with Gasteiger partial charge >= 0.3 is 6.09 Å². The van der Waals surface area contributed by atoms with E-state index in [0.29, 0.717) is 13.1 Å². The number of nitrogens with one attached hydrogen (secondary N) is 3. The zero-order chi connectivity index (χ0) is 26.0. The number of anilines is 1. The van der Waals surface area contributed by atoms with E-state index in [1.165, 1.54) is 11.1 Å². The summed E-state index contributed by atoms with van der Waals surface area (Å²) in [7, 11) is 0. The van der Waals surface area contributed by atoms with E-state index in [-0.39, 0.29) is 6.09 Å². The van der Waals surface area contributed by atoms with Gasteiger partial charge < -0.3 is 24.7 Å². The van der Waals surface area contributed by atoms with Gasteiger partial charge in [-0.25, -0.2) is 9.78 Å². The second kappa shape index (κ2) is 10.5. The molecule has 37 heavy (non-hydrogen) atoms. The van der Waals surface area contributed by atoms with Crippen molar-refractivity contribution in [3.63, 3.8) is 0 Å². The van der Waals surface area contributed by atoms with Gasteiger partial charge in [-0.3, -0.25) is 10.00 Å². The van der Waals surface area contributed by atoms with Gasteiger partial charge in [-0.05, 0) is 63.8 Å². The Labute approximate surface area is 217 Å². The van der Waals surface area contributed by atoms with Crippen molar-refractivity contribution < 1.29 is 14.3 Å². The summed E-state index contributed by atoms with van der Waals surface area (Å²) in [5.74, 6) is 0.746. The SMILES string of the molecule is CC(Nc1cn[nH]c1-c1nc2ccc(CN3CCOCC3)cc2[nH]1)=C1CCN(C(=O)OC(C)(C)C)CC1. The number of likely N-dealkylation sites (tertiary alicyclic amines) is 1. The minimum absolute atomic E-state index is 0.243. The predicted molar refractivity (Wildman–Crippen MR) is 143 cm³/mol. The molecule has 10 nitrogen and oxygen atoms in total. The Hall–Kier alpha value is -3.37. The number of benzene rings is 1. The zero-order valence-electron chi connectivity index (χ0n) is 22.2. The molecule has 0 radical (unpaired) electrons. The number of amides is 1. The summed E-state index contributed by atoms with van der Waals surface area (Å²) >= 11 is 0. The lowest BCUT2D eigenvalue weighted by molar-refractivity contribution is 0.0236. The number of aromatic nitrogens is 4. The molecular formula is C27H37N7O3. The summed E-state index contributed by atoms with van der Waals surface area (Å²) in [4.78, 5) is 24.9. The van der Waals surface area contributed by atoms with Gasteiger partial charge in [0.1, 0.15) is 11.3 Å². The second-order valence-corrected chi connectivity index (χ2v) is 10.8. The minimum Gasteiger partial charge on any atom is -0.444 e. The van der Waals surface area contributed by atoms with Gasteiger partial charge in [0.25, 0.3) is 0 Å². The average molecular weight is 508 g/mol. The van der Waals surface area contributed by atoms with Crippen LogP contribution in [0, 0.1) is 0 Å². The molecule has 2 aliphatic heterocycles. The summed E-state index contributed by atoms with van der Waals surface area (Å²) in [6.07, 6.45) is 3.16. The van der Waals surface area contributed by atoms with E-state index in [4.69, 9.17) is 14.5 Å². The van der Waals surface area contributed by atoms with E-state index in [0.717, 1.165) is 79.6 Å². The third kappa shape index (κ3) is 6.14. The van der Waals surface area contributed by atoms with Crippen LogP contribution in [0.15, 0.2) is 35.7 Å². The van der Waals surface area contributed by atoms with E-state index < -0.39 is 5.60 Å². The molecule has 2 saturated heterocycles. The van der Waals surface area contributed by atoms with Crippen LogP contribution in [0.5, 0.6) is 0 Å². The quantitative estimate of drug-likeness (QED) is 0.466. The summed E-state index contributed by atoms with van der Waals surface area (Å²) in [6.45, 7) is 13.5. The first kappa shape index (κ1) is 25.3. The number of carbonyl (C=O) groups excluding carboxylic acids is 1. The van der Waals surface area contributed by atoms with Crippen LogP contribution in [0.4, 0.5) is 10.5 Å². The van der Waals surface area contributed by atoms with Crippen molar-refractivity contribution in [3.05, 3.63) is 41.2 Å². The van der Waals surface area contributed by atoms with Crippen LogP contribution in [0.3, 0.4) is 0 Å². The molecular weight excluding hydrogens is 470 g/mol. The normalized spacial score (nSPS) is 17.3. The molecule has 0 saturated carbocycles. The second-order valence-electron chi connectivity index (χ2n) is 10.8. The fourth-order valence-electron chi connectivity index (χ4n) is 4.80. The van der Waals surface area contributed by atoms with E-state index in [9.17, 15) is 4.79 Å². The molecule has 2 aromatic heterocycles. The van der Waals surface area contributed by atoms with Gasteiger partial charge in [0.05, 0.1) is 36.1 Å². The predicted octanol–water partition coefficient (Wildman–Crippen LogP) is 4.50. The number of aromatic amines is 2. The molecule has 2 fully saturated rings. The topological polar surface area (TPSA) is 111 Å². The van der Waals surface area contributed by atoms with Gasteiger partial charge in [-0.2, -0.15) is 5.10 Å². The molecule has 10 heteroatoms. The molecule has 1 aromatic carbocycles. The Morgan fingerprint density at radius 1 is 1.16 bits per heavy atom. The third-order valence-electron chi connectivity index (χ3n) is 6.80. The standard InChI is InChI=1S/C27H37N7O3/c1-18(20-7-9-34(10-8-20)26(35)37-27(2,3)4)29-23-16-28-32-24(23)25-30-21-6-5-19(15-22(21)31-25)17-33-11-13-36-14-12-33/h5-6,15-16,29H,7-14,17H2,1-4H3,(H,28,32)(H,30,31). The average Bonchev–Trinajstić information content (AvgIpc) is 3.50. The number of imidazole rings is 1. The van der Waals surface area contributed by atoms with E-state index >= 15 is 0 Å². The maximum Gasteiger partial charge on any atom is 0.410 e. The van der Waals surface area contributed by atoms with E-state index in [2.05, 4.69) is 50.5 Å². The number of H-pyrrole nitrogens is 2. The molecule has 5 rings (SSSR count). The molecule has 0 unspecified atom stereocenters. The van der Waals surface area contributed by atoms with Gasteiger partial charge in [0.2, 0.25) is 0 Å². The van der Waals surface area contributed by atoms with E-state index in [1.54, 1.807) is 11.1 Å². The van der Waals surface area contributed by atoms with Gasteiger partial charge in [-0.1, -0.05) is 6.07 Å². The summed E-state index contributed by atoms with van der Waals surface area (Å²) < 4.78 is 11.0. The van der Waals surface area contributed by atoms with Gasteiger partial charge in [0.15, 0.2) is 5.82 Å². The Morgan fingerprint density at radius 3 is 2.65 bits per heavy atom. The van der Waals surface area contributed by atoms with Crippen LogP contribution in [0.25, 0.3) is 22.6 Å². The third-order valence-corrected chi connectivity index (χ3v) is 6.80. The monoisotopic (exact) mass is 507 g/mol. The Balaban J connectivity index is 1.26. The summed E-state index contributed by atoms with van der Waals surface area (Å²) in [6, 6.07) is 6.39. The Kier molecular flexibility index (Phi) is 7.21. The molecule has 3 N–H and O–H groups in total. The number of piperidine rings is 1. The summed E-state index contributed by atoms with van der Waals surface area (Å²) in [5.41, 5.74) is 6.76. The van der Waals surface area contributed by atoms with Crippen molar-refractivity contribution in [1.82, 2.24) is 30.0 Å². The number of hydrogen-bond acceptors (Lipinski definition) is 7. The van der Waals surface area contributed by atoms with Crippen LogP contribution in [0.2, 0.25) is 0 Å². The first-order valence-corrected chi connectivity index (χ1v) is 13.0. The molecule has 0 bridgehead atoms. The maximum absolute atomic E-state index is 12.4. The van der Waals surface area contributed by atoms with Gasteiger partial charge in [0, 0.05) is 38.4 Å². The zero-order valence-corrected chi connectivity index (χ0v) is 22.2. The number of nitrogens with zero attached hydrogens (tertiary/aromatic N) is 4. The number of carbonyl (C=O) groups is 1. The lowest BCUT2D eigenvalue weighted by atomic mass is 10.0.